The number of hydrogen-bond acceptors (Lipinski definition) is 1. The maximum Gasteiger partial charge on any atom is 0.0714 e. The van der Waals surface area contributed by atoms with E-state index in [0.717, 1.165) is 17.1 Å². The van der Waals surface area contributed by atoms with E-state index >= 15 is 0 Å². The zero-order chi connectivity index (χ0) is 49.0. The third-order valence-corrected chi connectivity index (χ3v) is 15.6. The van der Waals surface area contributed by atoms with Crippen LogP contribution in [0.5, 0.6) is 0 Å². The standard InChI is InChI=1S/C73H49N/c1-2-15-50(16-3-1)52-31-40-59(41-32-52)73(60-42-33-51-17-4-5-20-58(51)49-60)70-29-11-10-25-69(70)72-68(28-14-30-71(72)73)57-38-47-63(48-39-57)74(61-43-34-55(35-44-61)66-26-12-21-53-18-6-8-23-64(53)66)62-45-36-56(37-46-62)67-27-13-22-54-19-7-9-24-65(54)67/h1-49H. The van der Waals surface area contributed by atoms with Crippen LogP contribution in [0, 0.1) is 0 Å². The van der Waals surface area contributed by atoms with E-state index in [-0.39, 0.29) is 0 Å². The van der Waals surface area contributed by atoms with Crippen LogP contribution in [0.1, 0.15) is 22.3 Å². The molecule has 0 radical (unpaired) electrons. The van der Waals surface area contributed by atoms with E-state index in [0.29, 0.717) is 0 Å². The van der Waals surface area contributed by atoms with E-state index in [1.54, 1.807) is 0 Å². The maximum atomic E-state index is 2.42. The fourth-order valence-electron chi connectivity index (χ4n) is 12.1. The van der Waals surface area contributed by atoms with Crippen LogP contribution in [-0.4, -0.2) is 0 Å². The molecule has 1 heteroatoms. The summed E-state index contributed by atoms with van der Waals surface area (Å²) in [5, 5.41) is 7.47. The van der Waals surface area contributed by atoms with Gasteiger partial charge in [0.05, 0.1) is 5.41 Å². The summed E-state index contributed by atoms with van der Waals surface area (Å²) >= 11 is 0. The van der Waals surface area contributed by atoms with E-state index in [9.17, 15) is 0 Å². The third kappa shape index (κ3) is 7.16. The van der Waals surface area contributed by atoms with Crippen LogP contribution >= 0.6 is 0 Å². The Morgan fingerprint density at radius 2 is 0.635 bits per heavy atom. The fourth-order valence-corrected chi connectivity index (χ4v) is 12.1. The summed E-state index contributed by atoms with van der Waals surface area (Å²) in [5.41, 5.74) is 20.0. The largest absolute Gasteiger partial charge is 0.311 e. The molecule has 1 aliphatic carbocycles. The molecule has 0 bridgehead atoms. The van der Waals surface area contributed by atoms with Crippen molar-refractivity contribution in [2.24, 2.45) is 0 Å². The second-order valence-electron chi connectivity index (χ2n) is 19.6. The summed E-state index contributed by atoms with van der Waals surface area (Å²) in [6.45, 7) is 0. The fraction of sp³-hybridized carbons (Fsp3) is 0.0137. The summed E-state index contributed by atoms with van der Waals surface area (Å²) in [7, 11) is 0. The predicted molar refractivity (Wildman–Crippen MR) is 313 cm³/mol. The lowest BCUT2D eigenvalue weighted by molar-refractivity contribution is 0.770. The molecule has 0 N–H and O–H groups in total. The van der Waals surface area contributed by atoms with E-state index in [2.05, 4.69) is 302 Å². The maximum absolute atomic E-state index is 2.42. The van der Waals surface area contributed by atoms with Crippen molar-refractivity contribution in [3.8, 4) is 55.6 Å². The zero-order valence-electron chi connectivity index (χ0n) is 40.7. The Labute approximate surface area is 432 Å². The average molecular weight is 940 g/mol. The van der Waals surface area contributed by atoms with Gasteiger partial charge in [0.25, 0.3) is 0 Å². The molecule has 0 saturated heterocycles. The molecule has 0 fully saturated rings. The second kappa shape index (κ2) is 17.9. The molecule has 1 unspecified atom stereocenters. The number of fused-ring (bicyclic) bond motifs is 6. The topological polar surface area (TPSA) is 3.24 Å². The molecule has 0 aliphatic heterocycles. The molecule has 13 aromatic carbocycles. The molecule has 13 aromatic rings. The smallest absolute Gasteiger partial charge is 0.0714 e. The van der Waals surface area contributed by atoms with Crippen molar-refractivity contribution in [2.75, 3.05) is 4.90 Å². The monoisotopic (exact) mass is 939 g/mol. The highest BCUT2D eigenvalue weighted by Crippen LogP contribution is 2.59. The van der Waals surface area contributed by atoms with Crippen LogP contribution in [0.15, 0.2) is 297 Å². The number of anilines is 3. The van der Waals surface area contributed by atoms with Crippen LogP contribution < -0.4 is 4.90 Å². The van der Waals surface area contributed by atoms with Gasteiger partial charge in [0.15, 0.2) is 0 Å². The molecule has 1 aliphatic rings. The zero-order valence-corrected chi connectivity index (χ0v) is 40.7. The molecule has 74 heavy (non-hydrogen) atoms. The minimum Gasteiger partial charge on any atom is -0.311 e. The normalized spacial score (nSPS) is 13.7. The average Bonchev–Trinajstić information content (AvgIpc) is 3.80. The summed E-state index contributed by atoms with van der Waals surface area (Å²) in [6, 6.07) is 110. The van der Waals surface area contributed by atoms with Gasteiger partial charge in [0, 0.05) is 17.1 Å². The van der Waals surface area contributed by atoms with Crippen LogP contribution in [0.2, 0.25) is 0 Å². The van der Waals surface area contributed by atoms with Crippen molar-refractivity contribution in [2.45, 2.75) is 5.41 Å². The molecule has 0 aromatic heterocycles. The van der Waals surface area contributed by atoms with Crippen molar-refractivity contribution in [3.63, 3.8) is 0 Å². The lowest BCUT2D eigenvalue weighted by Gasteiger charge is -2.34. The predicted octanol–water partition coefficient (Wildman–Crippen LogP) is 19.6. The Morgan fingerprint density at radius 3 is 1.24 bits per heavy atom. The Bertz CT molecular complexity index is 4080. The first kappa shape index (κ1) is 43.2. The number of nitrogens with zero attached hydrogens (tertiary/aromatic N) is 1. The third-order valence-electron chi connectivity index (χ3n) is 15.6. The first-order valence-electron chi connectivity index (χ1n) is 25.6. The van der Waals surface area contributed by atoms with Crippen LogP contribution in [0.4, 0.5) is 17.1 Å². The van der Waals surface area contributed by atoms with Crippen molar-refractivity contribution in [1.82, 2.24) is 0 Å². The van der Waals surface area contributed by atoms with Crippen molar-refractivity contribution >= 4 is 49.4 Å². The highest BCUT2D eigenvalue weighted by molar-refractivity contribution is 6.00. The number of rotatable bonds is 9. The van der Waals surface area contributed by atoms with E-state index < -0.39 is 5.41 Å². The van der Waals surface area contributed by atoms with E-state index in [4.69, 9.17) is 0 Å². The molecular weight excluding hydrogens is 891 g/mol. The molecular formula is C73H49N. The van der Waals surface area contributed by atoms with Gasteiger partial charge < -0.3 is 4.90 Å². The van der Waals surface area contributed by atoms with Gasteiger partial charge in [-0.15, -0.1) is 0 Å². The minimum atomic E-state index is -0.561. The summed E-state index contributed by atoms with van der Waals surface area (Å²) < 4.78 is 0. The van der Waals surface area contributed by atoms with Crippen LogP contribution in [-0.2, 0) is 5.41 Å². The summed E-state index contributed by atoms with van der Waals surface area (Å²) in [6.07, 6.45) is 0. The molecule has 1 atom stereocenters. The van der Waals surface area contributed by atoms with Crippen molar-refractivity contribution in [3.05, 3.63) is 320 Å². The molecule has 0 amide bonds. The Kier molecular flexibility index (Phi) is 10.5. The number of hydrogen-bond donors (Lipinski definition) is 0. The van der Waals surface area contributed by atoms with Gasteiger partial charge in [-0.05, 0) is 153 Å². The highest BCUT2D eigenvalue weighted by Gasteiger charge is 2.47. The Hall–Kier alpha value is -9.56. The molecule has 1 nitrogen and oxygen atoms in total. The molecule has 0 heterocycles. The van der Waals surface area contributed by atoms with E-state index in [1.165, 1.54) is 110 Å². The van der Waals surface area contributed by atoms with Gasteiger partial charge in [-0.1, -0.05) is 255 Å². The summed E-state index contributed by atoms with van der Waals surface area (Å²) in [5.74, 6) is 0. The Balaban J connectivity index is 0.900. The van der Waals surface area contributed by atoms with Crippen molar-refractivity contribution < 1.29 is 0 Å². The SMILES string of the molecule is c1ccc(-c2ccc(C3(c4ccc5ccccc5c4)c4ccccc4-c4c(-c5ccc(N(c6ccc(-c7cccc8ccccc78)cc6)c6ccc(-c7cccc8ccccc78)cc6)cc5)cccc43)cc2)cc1. The quantitative estimate of drug-likeness (QED) is 0.139. The van der Waals surface area contributed by atoms with Gasteiger partial charge in [-0.25, -0.2) is 0 Å². The molecule has 346 valence electrons. The minimum absolute atomic E-state index is 0.561. The van der Waals surface area contributed by atoms with Gasteiger partial charge >= 0.3 is 0 Å². The van der Waals surface area contributed by atoms with Crippen LogP contribution in [0.3, 0.4) is 0 Å². The number of benzene rings is 13. The van der Waals surface area contributed by atoms with Gasteiger partial charge in [0.1, 0.15) is 0 Å². The van der Waals surface area contributed by atoms with Gasteiger partial charge in [-0.3, -0.25) is 0 Å². The lowest BCUT2D eigenvalue weighted by atomic mass is 9.67. The molecule has 0 saturated carbocycles. The molecule has 14 rings (SSSR count). The molecule has 0 spiro atoms. The highest BCUT2D eigenvalue weighted by atomic mass is 15.1. The lowest BCUT2D eigenvalue weighted by Crippen LogP contribution is -2.28. The first-order chi connectivity index (χ1) is 36.7. The summed E-state index contributed by atoms with van der Waals surface area (Å²) in [4.78, 5) is 2.39. The Morgan fingerprint density at radius 1 is 0.230 bits per heavy atom. The van der Waals surface area contributed by atoms with Gasteiger partial charge in [0.2, 0.25) is 0 Å². The second-order valence-corrected chi connectivity index (χ2v) is 19.6. The van der Waals surface area contributed by atoms with Crippen molar-refractivity contribution in [1.29, 1.82) is 0 Å². The van der Waals surface area contributed by atoms with Gasteiger partial charge in [-0.2, -0.15) is 0 Å². The first-order valence-corrected chi connectivity index (χ1v) is 25.6. The van der Waals surface area contributed by atoms with E-state index in [1.807, 2.05) is 0 Å². The van der Waals surface area contributed by atoms with Crippen LogP contribution in [0.25, 0.3) is 88.0 Å².